The van der Waals surface area contributed by atoms with Gasteiger partial charge < -0.3 is 9.47 Å². The minimum Gasteiger partial charge on any atom is -0.494 e. The van der Waals surface area contributed by atoms with E-state index in [1.165, 1.54) is 12.1 Å². The van der Waals surface area contributed by atoms with Crippen LogP contribution in [0.25, 0.3) is 21.1 Å². The molecular weight excluding hydrogens is 496 g/mol. The zero-order valence-corrected chi connectivity index (χ0v) is 18.9. The molecule has 0 saturated heterocycles. The van der Waals surface area contributed by atoms with Crippen molar-refractivity contribution in [2.75, 3.05) is 26.4 Å². The largest absolute Gasteiger partial charge is 0.494 e. The summed E-state index contributed by atoms with van der Waals surface area (Å²) in [5.74, 6) is -0.132. The molecule has 0 bridgehead atoms. The number of rotatable bonds is 12. The molecule has 34 heavy (non-hydrogen) atoms. The van der Waals surface area contributed by atoms with Crippen LogP contribution in [0, 0.1) is 35.8 Å². The van der Waals surface area contributed by atoms with Gasteiger partial charge in [-0.3, -0.25) is 22.4 Å². The third-order valence-corrected chi connectivity index (χ3v) is 4.54. The second kappa shape index (κ2) is 13.3. The monoisotopic (exact) mass is 514 g/mol. The fourth-order valence-electron chi connectivity index (χ4n) is 2.28. The lowest BCUT2D eigenvalue weighted by Crippen LogP contribution is -2.21. The van der Waals surface area contributed by atoms with E-state index in [2.05, 4.69) is 18.1 Å². The number of hydrogen-bond acceptors (Lipinski definition) is 11. The van der Waals surface area contributed by atoms with Gasteiger partial charge >= 0.3 is 10.4 Å². The van der Waals surface area contributed by atoms with Crippen LogP contribution in [0.5, 0.6) is 11.5 Å². The van der Waals surface area contributed by atoms with E-state index in [4.69, 9.17) is 40.8 Å². The lowest BCUT2D eigenvalue weighted by atomic mass is 10.1. The summed E-state index contributed by atoms with van der Waals surface area (Å²) in [7, 11) is -4.63. The first-order valence-corrected chi connectivity index (χ1v) is 11.8. The van der Waals surface area contributed by atoms with E-state index in [9.17, 15) is 18.9 Å². The van der Waals surface area contributed by atoms with Crippen LogP contribution in [0.4, 0.5) is 0 Å². The van der Waals surface area contributed by atoms with Gasteiger partial charge in [-0.25, -0.2) is 24.4 Å². The van der Waals surface area contributed by atoms with Crippen LogP contribution in [-0.4, -0.2) is 53.1 Å². The predicted octanol–water partition coefficient (Wildman–Crippen LogP) is 1.30. The number of nitrogens with zero attached hydrogens (tertiary/aromatic N) is 4. The van der Waals surface area contributed by atoms with E-state index in [1.807, 2.05) is 0 Å². The molecule has 182 valence electrons. The van der Waals surface area contributed by atoms with Crippen LogP contribution in [0.3, 0.4) is 0 Å². The van der Waals surface area contributed by atoms with Gasteiger partial charge in [0.25, 0.3) is 11.4 Å². The highest BCUT2D eigenvalue weighted by atomic mass is 32.3. The molecule has 0 amide bonds. The molecule has 0 heterocycles. The van der Waals surface area contributed by atoms with Crippen LogP contribution >= 0.6 is 11.2 Å². The van der Waals surface area contributed by atoms with Gasteiger partial charge in [0.05, 0.1) is 51.7 Å². The maximum absolute atomic E-state index is 10.6. The Bertz CT molecular complexity index is 1250. The SMILES string of the molecule is [C-]#[N+]C(C#N)=c1cc(OCCCOS(=O)(=O)O)c(=C(C#N)[N+]#[C-])cc1OCCCOS(O)(O)O. The molecule has 1 aromatic carbocycles. The highest BCUT2D eigenvalue weighted by molar-refractivity contribution is 8.15. The lowest BCUT2D eigenvalue weighted by Gasteiger charge is -2.18. The van der Waals surface area contributed by atoms with E-state index in [1.54, 1.807) is 12.1 Å². The fraction of sp³-hybridized carbons (Fsp3) is 0.333. The van der Waals surface area contributed by atoms with Crippen molar-refractivity contribution in [3.8, 4) is 23.6 Å². The van der Waals surface area contributed by atoms with Crippen LogP contribution < -0.4 is 19.9 Å². The van der Waals surface area contributed by atoms with E-state index in [0.717, 1.165) is 0 Å². The first-order chi connectivity index (χ1) is 16.0. The number of nitriles is 2. The molecule has 14 nitrogen and oxygen atoms in total. The molecule has 1 rings (SSSR count). The summed E-state index contributed by atoms with van der Waals surface area (Å²) in [5, 5.41) is 18.5. The Labute approximate surface area is 196 Å². The van der Waals surface area contributed by atoms with Crippen LogP contribution in [0.15, 0.2) is 12.1 Å². The van der Waals surface area contributed by atoms with E-state index in [0.29, 0.717) is 0 Å². The van der Waals surface area contributed by atoms with E-state index in [-0.39, 0.29) is 54.6 Å². The molecule has 0 atom stereocenters. The highest BCUT2D eigenvalue weighted by Gasteiger charge is 2.14. The Hall–Kier alpha value is -3.42. The Morgan fingerprint density at radius 2 is 1.24 bits per heavy atom. The Morgan fingerprint density at radius 3 is 1.56 bits per heavy atom. The zero-order chi connectivity index (χ0) is 25.8. The molecular formula is C18H18N4O10S2. The van der Waals surface area contributed by atoms with Gasteiger partial charge in [-0.05, 0) is 12.1 Å². The maximum atomic E-state index is 10.6. The summed E-state index contributed by atoms with van der Waals surface area (Å²) < 4.78 is 75.6. The van der Waals surface area contributed by atoms with Crippen molar-refractivity contribution in [3.63, 3.8) is 0 Å². The Kier molecular flexibility index (Phi) is 11.2. The Morgan fingerprint density at radius 1 is 0.824 bits per heavy atom. The molecule has 0 aliphatic heterocycles. The molecule has 0 aliphatic rings. The van der Waals surface area contributed by atoms with Crippen molar-refractivity contribution in [3.05, 3.63) is 45.4 Å². The summed E-state index contributed by atoms with van der Waals surface area (Å²) in [4.78, 5) is 6.22. The van der Waals surface area contributed by atoms with Crippen LogP contribution in [0.2, 0.25) is 0 Å². The molecule has 16 heteroatoms. The van der Waals surface area contributed by atoms with Gasteiger partial charge in [-0.2, -0.15) is 8.42 Å². The van der Waals surface area contributed by atoms with Crippen molar-refractivity contribution >= 4 is 32.9 Å². The summed E-state index contributed by atoms with van der Waals surface area (Å²) in [6.07, 6.45) is 0.0309. The minimum atomic E-state index is -4.63. The van der Waals surface area contributed by atoms with Crippen molar-refractivity contribution in [1.29, 1.82) is 10.5 Å². The van der Waals surface area contributed by atoms with Gasteiger partial charge in [0, 0.05) is 23.3 Å². The minimum absolute atomic E-state index is 0.0194. The molecule has 0 radical (unpaired) electrons. The zero-order valence-electron chi connectivity index (χ0n) is 17.2. The first-order valence-electron chi connectivity index (χ1n) is 8.96. The van der Waals surface area contributed by atoms with Crippen LogP contribution in [-0.2, 0) is 18.8 Å². The molecule has 1 aromatic rings. The van der Waals surface area contributed by atoms with Crippen LogP contribution in [0.1, 0.15) is 12.8 Å². The normalized spacial score (nSPS) is 13.4. The van der Waals surface area contributed by atoms with E-state index >= 15 is 0 Å². The molecule has 0 unspecified atom stereocenters. The summed E-state index contributed by atoms with van der Waals surface area (Å²) in [6.45, 7) is 13.4. The molecule has 0 saturated carbocycles. The maximum Gasteiger partial charge on any atom is 0.397 e. The third-order valence-electron chi connectivity index (χ3n) is 3.59. The van der Waals surface area contributed by atoms with Gasteiger partial charge in [-0.15, -0.1) is 0 Å². The standard InChI is InChI=1S/C18H18N4O10S2/c1-21-15(11-19)13-9-18(30-6-4-8-32-34(26,27)28)14(16(12-20)22-2)10-17(13)29-5-3-7-31-33(23,24)25/h9-10,23-25H,3-8H2,(H,26,27,28). The second-order valence-corrected chi connectivity index (χ2v) is 8.20. The first kappa shape index (κ1) is 28.6. The smallest absolute Gasteiger partial charge is 0.397 e. The Balaban J connectivity index is 3.34. The van der Waals surface area contributed by atoms with Crippen molar-refractivity contribution in [2.24, 2.45) is 0 Å². The molecule has 4 N–H and O–H groups in total. The van der Waals surface area contributed by atoms with Gasteiger partial charge in [0.15, 0.2) is 0 Å². The summed E-state index contributed by atoms with van der Waals surface area (Å²) in [6, 6.07) is 5.78. The highest BCUT2D eigenvalue weighted by Crippen LogP contribution is 2.33. The summed E-state index contributed by atoms with van der Waals surface area (Å²) in [5.41, 5.74) is -0.803. The van der Waals surface area contributed by atoms with Gasteiger partial charge in [0.1, 0.15) is 11.5 Å². The van der Waals surface area contributed by atoms with E-state index < -0.39 is 39.6 Å². The number of ether oxygens (including phenoxy) is 2. The predicted molar refractivity (Wildman–Crippen MR) is 116 cm³/mol. The third kappa shape index (κ3) is 10.0. The summed E-state index contributed by atoms with van der Waals surface area (Å²) >= 11 is -4.14. The number of benzene rings is 1. The molecule has 0 aromatic heterocycles. The average Bonchev–Trinajstić information content (AvgIpc) is 2.75. The molecule has 0 aliphatic carbocycles. The second-order valence-electron chi connectivity index (χ2n) is 5.93. The number of hydrogen-bond donors (Lipinski definition) is 4. The molecule has 0 fully saturated rings. The average molecular weight is 514 g/mol. The van der Waals surface area contributed by atoms with Crippen molar-refractivity contribution in [2.45, 2.75) is 12.8 Å². The topological polar surface area (TPSA) is 208 Å². The quantitative estimate of drug-likeness (QED) is 0.177. The molecule has 0 spiro atoms. The van der Waals surface area contributed by atoms with Crippen molar-refractivity contribution < 1.29 is 44.5 Å². The van der Waals surface area contributed by atoms with Gasteiger partial charge in [-0.1, -0.05) is 0 Å². The lowest BCUT2D eigenvalue weighted by molar-refractivity contribution is 0.185. The van der Waals surface area contributed by atoms with Crippen molar-refractivity contribution in [1.82, 2.24) is 0 Å². The van der Waals surface area contributed by atoms with Gasteiger partial charge in [0.2, 0.25) is 11.2 Å². The fourth-order valence-corrected chi connectivity index (χ4v) is 2.95.